The lowest BCUT2D eigenvalue weighted by molar-refractivity contribution is 0.101. The van der Waals surface area contributed by atoms with Crippen molar-refractivity contribution in [1.29, 1.82) is 0 Å². The van der Waals surface area contributed by atoms with Crippen molar-refractivity contribution in [1.82, 2.24) is 0 Å². The zero-order valence-electron chi connectivity index (χ0n) is 14.8. The van der Waals surface area contributed by atoms with E-state index in [0.717, 1.165) is 18.7 Å². The second kappa shape index (κ2) is 7.96. The van der Waals surface area contributed by atoms with Crippen LogP contribution in [0.3, 0.4) is 0 Å². The summed E-state index contributed by atoms with van der Waals surface area (Å²) < 4.78 is 22.0. The van der Waals surface area contributed by atoms with Gasteiger partial charge >= 0.3 is 7.60 Å². The normalized spacial score (nSPS) is 14.0. The molecule has 0 saturated heterocycles. The zero-order chi connectivity index (χ0) is 18.6. The maximum atomic E-state index is 12.6. The highest BCUT2D eigenvalue weighted by Crippen LogP contribution is 2.46. The smallest absolute Gasteiger partial charge is 0.312 e. The number of anilines is 1. The van der Waals surface area contributed by atoms with Crippen LogP contribution in [-0.2, 0) is 20.0 Å². The van der Waals surface area contributed by atoms with E-state index >= 15 is 0 Å². The molecule has 0 bridgehead atoms. The van der Waals surface area contributed by atoms with Crippen molar-refractivity contribution < 1.29 is 18.4 Å². The van der Waals surface area contributed by atoms with Crippen LogP contribution in [0.25, 0.3) is 0 Å². The lowest BCUT2D eigenvalue weighted by Gasteiger charge is -2.14. The van der Waals surface area contributed by atoms with Gasteiger partial charge in [0.05, 0.1) is 11.9 Å². The lowest BCUT2D eigenvalue weighted by atomic mass is 10.1. The van der Waals surface area contributed by atoms with Gasteiger partial charge in [0.1, 0.15) is 6.16 Å². The summed E-state index contributed by atoms with van der Waals surface area (Å²) in [5.74, 6) is -0.305. The van der Waals surface area contributed by atoms with E-state index in [9.17, 15) is 9.36 Å². The van der Waals surface area contributed by atoms with Crippen LogP contribution < -0.4 is 5.01 Å². The third-order valence-corrected chi connectivity index (χ3v) is 6.14. The molecule has 6 nitrogen and oxygen atoms in total. The Bertz CT molecular complexity index is 873. The molecule has 1 aliphatic heterocycles. The first kappa shape index (κ1) is 18.5. The molecule has 0 unspecified atom stereocenters. The van der Waals surface area contributed by atoms with Gasteiger partial charge in [-0.3, -0.25) is 14.4 Å². The monoisotopic (exact) mass is 372 g/mol. The first-order chi connectivity index (χ1) is 12.6. The second-order valence-electron chi connectivity index (χ2n) is 5.89. The number of Topliss-reactive ketones (excluding diaryl/α,β-unsaturated/α-hetero) is 1. The van der Waals surface area contributed by atoms with Crippen molar-refractivity contribution in [3.05, 3.63) is 65.2 Å². The van der Waals surface area contributed by atoms with E-state index in [0.29, 0.717) is 11.1 Å². The maximum Gasteiger partial charge on any atom is 0.337 e. The first-order valence-electron chi connectivity index (χ1n) is 8.28. The van der Waals surface area contributed by atoms with Gasteiger partial charge in [-0.15, -0.1) is 0 Å². The van der Waals surface area contributed by atoms with Gasteiger partial charge in [-0.2, -0.15) is 5.10 Å². The molecule has 2 aromatic rings. The highest BCUT2D eigenvalue weighted by molar-refractivity contribution is 7.54. The van der Waals surface area contributed by atoms with Gasteiger partial charge in [-0.1, -0.05) is 42.5 Å². The van der Waals surface area contributed by atoms with Crippen molar-refractivity contribution >= 4 is 25.3 Å². The van der Waals surface area contributed by atoms with Gasteiger partial charge in [-0.25, -0.2) is 0 Å². The van der Waals surface area contributed by atoms with Crippen LogP contribution in [0.2, 0.25) is 0 Å². The second-order valence-corrected chi connectivity index (χ2v) is 8.16. The molecule has 26 heavy (non-hydrogen) atoms. The Kier molecular flexibility index (Phi) is 5.67. The van der Waals surface area contributed by atoms with Crippen LogP contribution in [0.5, 0.6) is 0 Å². The summed E-state index contributed by atoms with van der Waals surface area (Å²) in [5, 5.41) is 6.46. The van der Waals surface area contributed by atoms with Gasteiger partial charge in [0.15, 0.2) is 5.78 Å². The van der Waals surface area contributed by atoms with Crippen LogP contribution in [-0.4, -0.2) is 38.9 Å². The van der Waals surface area contributed by atoms with Crippen LogP contribution in [0.15, 0.2) is 53.6 Å². The van der Waals surface area contributed by atoms with Gasteiger partial charge in [0.2, 0.25) is 0 Å². The molecule has 1 aliphatic rings. The topological polar surface area (TPSA) is 68.2 Å². The zero-order valence-corrected chi connectivity index (χ0v) is 15.7. The first-order valence-corrected chi connectivity index (χ1v) is 10.0. The van der Waals surface area contributed by atoms with E-state index in [1.54, 1.807) is 18.3 Å². The minimum absolute atomic E-state index is 0.305. The molecular weight excluding hydrogens is 351 g/mol. The lowest BCUT2D eigenvalue weighted by Crippen LogP contribution is -2.14. The Morgan fingerprint density at radius 1 is 1.15 bits per heavy atom. The molecule has 0 amide bonds. The number of rotatable bonds is 7. The average Bonchev–Trinajstić information content (AvgIpc) is 3.09. The summed E-state index contributed by atoms with van der Waals surface area (Å²) in [6, 6.07) is 15.2. The molecule has 1 heterocycles. The van der Waals surface area contributed by atoms with E-state index in [1.165, 1.54) is 19.8 Å². The van der Waals surface area contributed by atoms with Crippen molar-refractivity contribution in [2.45, 2.75) is 6.42 Å². The standard InChI is InChI=1S/C19H21N2O4P/c1-24-26(23,25-2)14-19(22)17-9-5-3-8-16(17)13-20-21-12-11-15-7-4-6-10-18(15)21/h3-10,13H,11-12,14H2,1-2H3/b20-13+. The van der Waals surface area contributed by atoms with Crippen molar-refractivity contribution in [2.75, 3.05) is 31.9 Å². The fourth-order valence-electron chi connectivity index (χ4n) is 2.90. The molecule has 0 fully saturated rings. The van der Waals surface area contributed by atoms with Gasteiger partial charge in [0.25, 0.3) is 0 Å². The van der Waals surface area contributed by atoms with Crippen LogP contribution in [0.1, 0.15) is 21.5 Å². The maximum absolute atomic E-state index is 12.6. The average molecular weight is 372 g/mol. The number of nitrogens with zero attached hydrogens (tertiary/aromatic N) is 2. The highest BCUT2D eigenvalue weighted by atomic mass is 31.2. The molecule has 0 radical (unpaired) electrons. The van der Waals surface area contributed by atoms with Gasteiger partial charge in [-0.05, 0) is 18.1 Å². The fourth-order valence-corrected chi connectivity index (χ4v) is 3.83. The fraction of sp³-hybridized carbons (Fsp3) is 0.263. The quantitative estimate of drug-likeness (QED) is 0.421. The van der Waals surface area contributed by atoms with Crippen LogP contribution >= 0.6 is 7.60 Å². The summed E-state index contributed by atoms with van der Waals surface area (Å²) in [4.78, 5) is 12.6. The Morgan fingerprint density at radius 3 is 2.62 bits per heavy atom. The van der Waals surface area contributed by atoms with Gasteiger partial charge < -0.3 is 9.05 Å². The van der Waals surface area contributed by atoms with E-state index in [4.69, 9.17) is 9.05 Å². The highest BCUT2D eigenvalue weighted by Gasteiger charge is 2.27. The summed E-state index contributed by atoms with van der Waals surface area (Å²) in [6.45, 7) is 0.800. The van der Waals surface area contributed by atoms with Crippen LogP contribution in [0.4, 0.5) is 5.69 Å². The largest absolute Gasteiger partial charge is 0.337 e. The Hall–Kier alpha value is -2.27. The number of benzene rings is 2. The predicted molar refractivity (Wildman–Crippen MR) is 102 cm³/mol. The van der Waals surface area contributed by atoms with E-state index in [-0.39, 0.29) is 11.9 Å². The number of carbonyl (C=O) groups is 1. The molecule has 3 rings (SSSR count). The summed E-state index contributed by atoms with van der Waals surface area (Å²) in [7, 11) is -0.863. The molecule has 0 saturated carbocycles. The van der Waals surface area contributed by atoms with E-state index < -0.39 is 7.60 Å². The summed E-state index contributed by atoms with van der Waals surface area (Å²) in [6.07, 6.45) is 2.30. The number of para-hydroxylation sites is 1. The third kappa shape index (κ3) is 3.93. The molecule has 0 aliphatic carbocycles. The molecule has 136 valence electrons. The van der Waals surface area contributed by atoms with Crippen molar-refractivity contribution in [3.8, 4) is 0 Å². The molecule has 0 N–H and O–H groups in total. The third-order valence-electron chi connectivity index (χ3n) is 4.35. The molecule has 0 spiro atoms. The molecule has 0 aromatic heterocycles. The minimum atomic E-state index is -3.41. The van der Waals surface area contributed by atoms with E-state index in [2.05, 4.69) is 11.2 Å². The van der Waals surface area contributed by atoms with Gasteiger partial charge in [0, 0.05) is 31.9 Å². The molecule has 7 heteroatoms. The summed E-state index contributed by atoms with van der Waals surface area (Å²) in [5.41, 5.74) is 3.45. The number of hydrogen-bond donors (Lipinski definition) is 0. The Morgan fingerprint density at radius 2 is 1.85 bits per heavy atom. The molecule has 0 atom stereocenters. The van der Waals surface area contributed by atoms with Crippen molar-refractivity contribution in [3.63, 3.8) is 0 Å². The number of ketones is 1. The van der Waals surface area contributed by atoms with E-state index in [1.807, 2.05) is 35.3 Å². The molecule has 2 aromatic carbocycles. The summed E-state index contributed by atoms with van der Waals surface area (Å²) >= 11 is 0. The SMILES string of the molecule is COP(=O)(CC(=O)c1ccccc1/C=N/N1CCc2ccccc21)OC. The minimum Gasteiger partial charge on any atom is -0.312 e. The van der Waals surface area contributed by atoms with Crippen LogP contribution in [0, 0.1) is 0 Å². The number of hydrazone groups is 1. The number of carbonyl (C=O) groups excluding carboxylic acids is 1. The Balaban J connectivity index is 1.82. The predicted octanol–water partition coefficient (Wildman–Crippen LogP) is 3.75. The molecular formula is C19H21N2O4P. The number of hydrogen-bond acceptors (Lipinski definition) is 6. The Labute approximate surface area is 153 Å². The van der Waals surface area contributed by atoms with Crippen molar-refractivity contribution in [2.24, 2.45) is 5.10 Å². The number of fused-ring (bicyclic) bond motifs is 1.